The van der Waals surface area contributed by atoms with Crippen LogP contribution < -0.4 is 16.0 Å². The Bertz CT molecular complexity index is 2000. The number of benzene rings is 1. The molecule has 2 aromatic heterocycles. The van der Waals surface area contributed by atoms with Crippen LogP contribution in [0.1, 0.15) is 139 Å². The van der Waals surface area contributed by atoms with Crippen molar-refractivity contribution in [2.24, 2.45) is 11.7 Å². The number of nitrogens with two attached hydrogens (primary N) is 1. The van der Waals surface area contributed by atoms with Gasteiger partial charge in [0.25, 0.3) is 6.47 Å². The summed E-state index contributed by atoms with van der Waals surface area (Å²) in [6.45, 7) is 22.8. The zero-order valence-electron chi connectivity index (χ0n) is 47.0. The predicted molar refractivity (Wildman–Crippen MR) is 308 cm³/mol. The molecule has 1 aromatic carbocycles. The molecule has 20 heteroatoms. The van der Waals surface area contributed by atoms with E-state index in [1.165, 1.54) is 73.2 Å². The van der Waals surface area contributed by atoms with Gasteiger partial charge in [0, 0.05) is 109 Å². The number of carboxylic acid groups (broad SMARTS) is 1. The second-order valence-corrected chi connectivity index (χ2v) is 19.3. The number of aryl methyl sites for hydroxylation is 4. The molecule has 0 spiro atoms. The summed E-state index contributed by atoms with van der Waals surface area (Å²) in [7, 11) is 4.09. The highest BCUT2D eigenvalue weighted by molar-refractivity contribution is 8.33. The summed E-state index contributed by atoms with van der Waals surface area (Å²) >= 11 is 3.21. The number of amides is 1. The Labute approximate surface area is 456 Å². The summed E-state index contributed by atoms with van der Waals surface area (Å²) in [6.07, 6.45) is 13.7. The van der Waals surface area contributed by atoms with E-state index in [2.05, 4.69) is 101 Å². The van der Waals surface area contributed by atoms with E-state index < -0.39 is 0 Å². The minimum Gasteiger partial charge on any atom is -0.483 e. The number of nitrogens with one attached hydrogen (secondary N) is 1. The molecule has 4 aliphatic rings. The number of carbonyl (C=O) groups is 4. The number of aromatic nitrogens is 3. The predicted octanol–water partition coefficient (Wildman–Crippen LogP) is 7.55. The van der Waals surface area contributed by atoms with Gasteiger partial charge in [-0.2, -0.15) is 5.10 Å². The Balaban J connectivity index is 0.00000132. The summed E-state index contributed by atoms with van der Waals surface area (Å²) in [4.78, 5) is 54.2. The second kappa shape index (κ2) is 43.7. The number of likely N-dealkylation sites (N-methyl/N-ethyl adjacent to an activating group) is 1. The van der Waals surface area contributed by atoms with Crippen LogP contribution in [-0.4, -0.2) is 174 Å². The number of ketones is 1. The van der Waals surface area contributed by atoms with Crippen LogP contribution in [0.25, 0.3) is 5.69 Å². The Kier molecular flexibility index (Phi) is 41.2. The molecule has 3 aromatic rings. The van der Waals surface area contributed by atoms with Gasteiger partial charge in [-0.1, -0.05) is 45.5 Å². The van der Waals surface area contributed by atoms with Crippen molar-refractivity contribution >= 4 is 55.9 Å². The van der Waals surface area contributed by atoms with E-state index in [0.717, 1.165) is 129 Å². The van der Waals surface area contributed by atoms with Gasteiger partial charge in [-0.05, 0) is 158 Å². The molecule has 7 rings (SSSR count). The lowest BCUT2D eigenvalue weighted by Crippen LogP contribution is -2.44. The third-order valence-electron chi connectivity index (χ3n) is 13.1. The Hall–Kier alpha value is -4.33. The first kappa shape index (κ1) is 70.7. The van der Waals surface area contributed by atoms with Gasteiger partial charge in [-0.15, -0.1) is 0 Å². The lowest BCUT2D eigenvalue weighted by atomic mass is 9.94. The zero-order valence-corrected chi connectivity index (χ0v) is 48.7. The number of hydrogen-bond donors (Lipinski definition) is 7. The number of nitrogens with zero attached hydrogens (tertiary/aromatic N) is 7. The maximum absolute atomic E-state index is 11.5. The fraction of sp³-hybridized carbons (Fsp3) is 0.673. The summed E-state index contributed by atoms with van der Waals surface area (Å²) in [5.41, 5.74) is 14.3. The lowest BCUT2D eigenvalue weighted by molar-refractivity contribution is -0.130. The van der Waals surface area contributed by atoms with E-state index in [-0.39, 0.29) is 31.9 Å². The molecule has 3 saturated heterocycles. The molecular formula is C55H96N9O9PS. The highest BCUT2D eigenvalue weighted by Gasteiger charge is 2.27. The topological polar surface area (TPSA) is 248 Å². The van der Waals surface area contributed by atoms with E-state index in [1.807, 2.05) is 13.8 Å². The van der Waals surface area contributed by atoms with Crippen molar-refractivity contribution in [1.29, 1.82) is 0 Å². The maximum Gasteiger partial charge on any atom is 0.290 e. The molecule has 0 radical (unpaired) electrons. The molecule has 0 saturated carbocycles. The van der Waals surface area contributed by atoms with Gasteiger partial charge in [0.15, 0.2) is 0 Å². The van der Waals surface area contributed by atoms with Gasteiger partial charge < -0.3 is 60.7 Å². The first-order valence-electron chi connectivity index (χ1n) is 26.9. The number of β-amino-alcohol motifs (C(OH)–C–C–N with tert-alkyl or cyclic N) is 1. The second-order valence-electron chi connectivity index (χ2n) is 18.6. The molecule has 3 fully saturated rings. The number of piperazine rings is 1. The molecular weight excluding hydrogens is 994 g/mol. The van der Waals surface area contributed by atoms with Crippen LogP contribution in [0.5, 0.6) is 0 Å². The van der Waals surface area contributed by atoms with Crippen molar-refractivity contribution in [3.05, 3.63) is 64.6 Å². The van der Waals surface area contributed by atoms with E-state index in [4.69, 9.17) is 40.5 Å². The van der Waals surface area contributed by atoms with Crippen LogP contribution in [-0.2, 0) is 36.6 Å². The van der Waals surface area contributed by atoms with Crippen molar-refractivity contribution < 1.29 is 44.2 Å². The molecule has 3 atom stereocenters. The number of hydrogen-bond acceptors (Lipinski definition) is 15. The highest BCUT2D eigenvalue weighted by Crippen LogP contribution is 2.32. The van der Waals surface area contributed by atoms with Gasteiger partial charge >= 0.3 is 0 Å². The molecule has 18 nitrogen and oxygen atoms in total. The van der Waals surface area contributed by atoms with Crippen LogP contribution in [0.3, 0.4) is 0 Å². The van der Waals surface area contributed by atoms with Crippen molar-refractivity contribution in [3.63, 3.8) is 0 Å². The molecule has 3 unspecified atom stereocenters. The Morgan fingerprint density at radius 3 is 2.16 bits per heavy atom. The highest BCUT2D eigenvalue weighted by atomic mass is 32.7. The Morgan fingerprint density at radius 2 is 1.59 bits per heavy atom. The van der Waals surface area contributed by atoms with Crippen molar-refractivity contribution in [1.82, 2.24) is 29.5 Å². The number of unbranched alkanes of at least 4 members (excludes halogenated alkanes) is 3. The quantitative estimate of drug-likeness (QED) is 0.0281. The average molecular weight is 1090 g/mol. The SMILES string of the molecule is CC.CC(=O)CCCC=O.CCC(CN1CCC(CCc2ccc3c(n2)NCCC3)C1)c1cc(N2CCN(C)CC2)cc(-n2nc(C)cc2C)c1.CO.CO.NCCCCCC(=O)N1CCC(O)C1.O=CO.O=PS. The maximum atomic E-state index is 11.5. The van der Waals surface area contributed by atoms with Crippen molar-refractivity contribution in [2.75, 3.05) is 103 Å². The average Bonchev–Trinajstić information content (AvgIpc) is 4.17. The molecule has 0 aliphatic carbocycles. The van der Waals surface area contributed by atoms with Crippen LogP contribution >= 0.6 is 19.9 Å². The van der Waals surface area contributed by atoms with Crippen LogP contribution in [0.15, 0.2) is 36.4 Å². The number of anilines is 2. The number of Topliss-reactive ketones (excluding diaryl/α,β-unsaturated/α-hetero) is 1. The summed E-state index contributed by atoms with van der Waals surface area (Å²) < 4.78 is 10.9. The molecule has 7 N–H and O–H groups in total. The van der Waals surface area contributed by atoms with E-state index in [1.54, 1.807) is 4.90 Å². The number of rotatable bonds is 18. The molecule has 4 aliphatic heterocycles. The lowest BCUT2D eigenvalue weighted by Gasteiger charge is -2.35. The van der Waals surface area contributed by atoms with Crippen molar-refractivity contribution in [2.45, 2.75) is 143 Å². The fourth-order valence-electron chi connectivity index (χ4n) is 9.23. The summed E-state index contributed by atoms with van der Waals surface area (Å²) in [5.74, 6) is 2.75. The van der Waals surface area contributed by atoms with Crippen molar-refractivity contribution in [3.8, 4) is 5.69 Å². The number of carbonyl (C=O) groups excluding carboxylic acids is 3. The number of fused-ring (bicyclic) bond motifs is 1. The zero-order chi connectivity index (χ0) is 56.6. The summed E-state index contributed by atoms with van der Waals surface area (Å²) in [6, 6.07) is 14.0. The minimum atomic E-state index is -0.303. The standard InChI is InChI=1S/C34H49N7.C10H20N2O2.C6H10O2.C2H6.CH2O2.2CH4O.HOPS/c1-5-28(24-39-14-12-27(23-39)8-10-31-11-9-29-7-6-13-35-34(29)36-31)30-20-32(40-17-15-38(4)16-18-40)22-33(21-30)41-26(3)19-25(2)37-41;11-6-3-1-2-4-10(14)12-7-5-9(13)8-12;1-6(8)4-2-3-5-7;1-2;2-1-3;2*1-2;1-2-3/h9,11,19-22,27-28H,5-8,10,12-18,23-24H2,1-4H3,(H,35,36);9,13H,1-8,11H2;5H,2-4H2,1H3;1-2H3;1H,(H,2,3);2*2H,1H3;(H,1,3). The largest absolute Gasteiger partial charge is 0.483 e. The molecule has 426 valence electrons. The van der Waals surface area contributed by atoms with Crippen LogP contribution in [0.4, 0.5) is 11.5 Å². The number of aliphatic hydroxyl groups is 3. The summed E-state index contributed by atoms with van der Waals surface area (Å²) in [5, 5.41) is 38.5. The number of pyridine rings is 1. The van der Waals surface area contributed by atoms with Gasteiger partial charge in [-0.3, -0.25) is 14.2 Å². The van der Waals surface area contributed by atoms with E-state index in [0.29, 0.717) is 44.7 Å². The molecule has 6 heterocycles. The third-order valence-corrected chi connectivity index (χ3v) is 13.1. The van der Waals surface area contributed by atoms with Crippen LogP contribution in [0.2, 0.25) is 0 Å². The molecule has 75 heavy (non-hydrogen) atoms. The molecule has 1 amide bonds. The minimum absolute atomic E-state index is 0.139. The smallest absolute Gasteiger partial charge is 0.290 e. The number of aldehydes is 1. The molecule has 0 bridgehead atoms. The first-order valence-corrected chi connectivity index (χ1v) is 28.9. The first-order chi connectivity index (χ1) is 36.3. The van der Waals surface area contributed by atoms with Gasteiger partial charge in [-0.25, -0.2) is 9.67 Å². The van der Waals surface area contributed by atoms with Gasteiger partial charge in [0.05, 0.1) is 17.5 Å². The normalized spacial score (nSPS) is 16.9. The van der Waals surface area contributed by atoms with E-state index in [9.17, 15) is 19.5 Å². The monoisotopic (exact) mass is 1090 g/mol. The number of likely N-dealkylation sites (tertiary alicyclic amines) is 2. The number of thiol groups is 1. The van der Waals surface area contributed by atoms with E-state index >= 15 is 0 Å². The number of aliphatic hydroxyl groups excluding tert-OH is 3. The van der Waals surface area contributed by atoms with Crippen LogP contribution in [0, 0.1) is 19.8 Å². The third kappa shape index (κ3) is 28.6. The van der Waals surface area contributed by atoms with Gasteiger partial charge in [0.2, 0.25) is 13.6 Å². The Morgan fingerprint density at radius 1 is 0.920 bits per heavy atom. The fourth-order valence-corrected chi connectivity index (χ4v) is 9.23. The van der Waals surface area contributed by atoms with Gasteiger partial charge in [0.1, 0.15) is 17.9 Å².